The zero-order valence-electron chi connectivity index (χ0n) is 11.6. The number of carbonyl (C=O) groups is 1. The van der Waals surface area contributed by atoms with Crippen LogP contribution >= 0.6 is 11.6 Å². The molecule has 112 valence electrons. The molecule has 0 unspecified atom stereocenters. The standard InChI is InChI=1S/C15H12ClN3O3/c1-10(11-4-3-7-14(9-11)19(21)22)17-18-15(20)12-5-2-6-13(16)8-12/h2-9H,1H3,(H,18,20)/b17-10-. The van der Waals surface area contributed by atoms with Gasteiger partial charge in [0.2, 0.25) is 0 Å². The van der Waals surface area contributed by atoms with E-state index in [0.717, 1.165) is 0 Å². The first-order valence-corrected chi connectivity index (χ1v) is 6.70. The van der Waals surface area contributed by atoms with Gasteiger partial charge < -0.3 is 0 Å². The first-order valence-electron chi connectivity index (χ1n) is 6.32. The minimum Gasteiger partial charge on any atom is -0.267 e. The van der Waals surface area contributed by atoms with Crippen LogP contribution in [0.3, 0.4) is 0 Å². The average molecular weight is 318 g/mol. The lowest BCUT2D eigenvalue weighted by atomic mass is 10.1. The second kappa shape index (κ2) is 6.82. The van der Waals surface area contributed by atoms with Crippen LogP contribution in [0.2, 0.25) is 5.02 Å². The Morgan fingerprint density at radius 2 is 1.86 bits per heavy atom. The van der Waals surface area contributed by atoms with Gasteiger partial charge in [0.1, 0.15) is 0 Å². The van der Waals surface area contributed by atoms with Crippen molar-refractivity contribution < 1.29 is 9.72 Å². The molecular weight excluding hydrogens is 306 g/mol. The summed E-state index contributed by atoms with van der Waals surface area (Å²) in [5.74, 6) is -0.410. The molecule has 0 aliphatic carbocycles. The monoisotopic (exact) mass is 317 g/mol. The van der Waals surface area contributed by atoms with Gasteiger partial charge in [-0.2, -0.15) is 5.10 Å². The highest BCUT2D eigenvalue weighted by atomic mass is 35.5. The topological polar surface area (TPSA) is 84.6 Å². The van der Waals surface area contributed by atoms with Crippen molar-refractivity contribution in [2.45, 2.75) is 6.92 Å². The molecule has 2 aromatic rings. The van der Waals surface area contributed by atoms with Crippen LogP contribution in [0.25, 0.3) is 0 Å². The summed E-state index contributed by atoms with van der Waals surface area (Å²) in [7, 11) is 0. The van der Waals surface area contributed by atoms with Gasteiger partial charge in [-0.25, -0.2) is 5.43 Å². The summed E-state index contributed by atoms with van der Waals surface area (Å²) in [6.07, 6.45) is 0. The first kappa shape index (κ1) is 15.7. The fourth-order valence-electron chi connectivity index (χ4n) is 1.74. The molecule has 0 spiro atoms. The number of hydrazone groups is 1. The normalized spacial score (nSPS) is 11.1. The molecule has 1 amide bonds. The molecule has 0 heterocycles. The maximum atomic E-state index is 11.9. The van der Waals surface area contributed by atoms with Gasteiger partial charge in [-0.05, 0) is 25.1 Å². The minimum absolute atomic E-state index is 0.0341. The molecule has 0 atom stereocenters. The number of nitrogens with one attached hydrogen (secondary N) is 1. The van der Waals surface area contributed by atoms with Crippen molar-refractivity contribution >= 4 is 28.9 Å². The van der Waals surface area contributed by atoms with Crippen molar-refractivity contribution in [3.05, 3.63) is 74.8 Å². The highest BCUT2D eigenvalue weighted by Gasteiger charge is 2.08. The number of halogens is 1. The van der Waals surface area contributed by atoms with E-state index in [4.69, 9.17) is 11.6 Å². The summed E-state index contributed by atoms with van der Waals surface area (Å²) in [5, 5.41) is 15.1. The van der Waals surface area contributed by atoms with Crippen LogP contribution in [0.4, 0.5) is 5.69 Å². The number of carbonyl (C=O) groups excluding carboxylic acids is 1. The van der Waals surface area contributed by atoms with Crippen LogP contribution in [0.5, 0.6) is 0 Å². The Balaban J connectivity index is 2.14. The summed E-state index contributed by atoms with van der Waals surface area (Å²) in [6, 6.07) is 12.5. The maximum Gasteiger partial charge on any atom is 0.271 e. The van der Waals surface area contributed by atoms with Crippen LogP contribution in [0.15, 0.2) is 53.6 Å². The molecule has 0 saturated heterocycles. The van der Waals surface area contributed by atoms with Crippen molar-refractivity contribution in [3.63, 3.8) is 0 Å². The van der Waals surface area contributed by atoms with Gasteiger partial charge in [0, 0.05) is 28.3 Å². The van der Waals surface area contributed by atoms with E-state index in [0.29, 0.717) is 21.9 Å². The molecule has 0 saturated carbocycles. The molecule has 1 N–H and O–H groups in total. The minimum atomic E-state index is -0.485. The molecule has 6 nitrogen and oxygen atoms in total. The second-order valence-electron chi connectivity index (χ2n) is 4.46. The molecule has 2 aromatic carbocycles. The van der Waals surface area contributed by atoms with Crippen molar-refractivity contribution in [2.75, 3.05) is 0 Å². The zero-order valence-corrected chi connectivity index (χ0v) is 12.4. The largest absolute Gasteiger partial charge is 0.271 e. The molecule has 0 aliphatic heterocycles. The fourth-order valence-corrected chi connectivity index (χ4v) is 1.93. The number of nitrogens with zero attached hydrogens (tertiary/aromatic N) is 2. The molecule has 0 fully saturated rings. The van der Waals surface area contributed by atoms with Crippen LogP contribution in [0.1, 0.15) is 22.8 Å². The molecule has 0 radical (unpaired) electrons. The van der Waals surface area contributed by atoms with E-state index < -0.39 is 10.8 Å². The predicted molar refractivity (Wildman–Crippen MR) is 84.2 cm³/mol. The van der Waals surface area contributed by atoms with E-state index in [1.165, 1.54) is 18.2 Å². The molecular formula is C15H12ClN3O3. The Hall–Kier alpha value is -2.73. The molecule has 2 rings (SSSR count). The van der Waals surface area contributed by atoms with Crippen LogP contribution in [0, 0.1) is 10.1 Å². The number of nitro groups is 1. The van der Waals surface area contributed by atoms with E-state index in [-0.39, 0.29) is 5.69 Å². The number of nitro benzene ring substituents is 1. The van der Waals surface area contributed by atoms with E-state index >= 15 is 0 Å². The Kier molecular flexibility index (Phi) is 4.85. The third kappa shape index (κ3) is 3.89. The summed E-state index contributed by atoms with van der Waals surface area (Å²) >= 11 is 5.81. The third-order valence-corrected chi connectivity index (χ3v) is 3.12. The van der Waals surface area contributed by atoms with Crippen LogP contribution in [-0.2, 0) is 0 Å². The van der Waals surface area contributed by atoms with Crippen molar-refractivity contribution in [3.8, 4) is 0 Å². The number of hydrogen-bond acceptors (Lipinski definition) is 4. The van der Waals surface area contributed by atoms with Gasteiger partial charge in [0.05, 0.1) is 10.6 Å². The molecule has 0 aliphatic rings. The second-order valence-corrected chi connectivity index (χ2v) is 4.89. The lowest BCUT2D eigenvalue weighted by molar-refractivity contribution is -0.384. The van der Waals surface area contributed by atoms with Crippen molar-refractivity contribution in [2.24, 2.45) is 5.10 Å². The summed E-state index contributed by atoms with van der Waals surface area (Å²) in [4.78, 5) is 22.2. The molecule has 22 heavy (non-hydrogen) atoms. The zero-order chi connectivity index (χ0) is 16.1. The number of hydrogen-bond donors (Lipinski definition) is 1. The highest BCUT2D eigenvalue weighted by Crippen LogP contribution is 2.14. The van der Waals surface area contributed by atoms with Crippen molar-refractivity contribution in [1.29, 1.82) is 0 Å². The van der Waals surface area contributed by atoms with Crippen molar-refractivity contribution in [1.82, 2.24) is 5.43 Å². The van der Waals surface area contributed by atoms with E-state index in [1.54, 1.807) is 37.3 Å². The van der Waals surface area contributed by atoms with Gasteiger partial charge in [-0.1, -0.05) is 29.8 Å². The van der Waals surface area contributed by atoms with E-state index in [1.807, 2.05) is 0 Å². The molecule has 0 bridgehead atoms. The van der Waals surface area contributed by atoms with Gasteiger partial charge in [-0.15, -0.1) is 0 Å². The van der Waals surface area contributed by atoms with E-state index in [2.05, 4.69) is 10.5 Å². The number of benzene rings is 2. The van der Waals surface area contributed by atoms with Gasteiger partial charge in [-0.3, -0.25) is 14.9 Å². The third-order valence-electron chi connectivity index (χ3n) is 2.89. The summed E-state index contributed by atoms with van der Waals surface area (Å²) < 4.78 is 0. The number of amides is 1. The Morgan fingerprint density at radius 3 is 2.55 bits per heavy atom. The Morgan fingerprint density at radius 1 is 1.18 bits per heavy atom. The number of rotatable bonds is 4. The molecule has 7 heteroatoms. The predicted octanol–water partition coefficient (Wildman–Crippen LogP) is 3.40. The Labute approximate surface area is 131 Å². The molecule has 0 aromatic heterocycles. The Bertz CT molecular complexity index is 759. The van der Waals surface area contributed by atoms with Crippen LogP contribution in [-0.4, -0.2) is 16.5 Å². The fraction of sp³-hybridized carbons (Fsp3) is 0.0667. The van der Waals surface area contributed by atoms with Gasteiger partial charge in [0.15, 0.2) is 0 Å². The van der Waals surface area contributed by atoms with Gasteiger partial charge in [0.25, 0.3) is 11.6 Å². The lowest BCUT2D eigenvalue weighted by Gasteiger charge is -2.03. The van der Waals surface area contributed by atoms with Gasteiger partial charge >= 0.3 is 0 Å². The first-order chi connectivity index (χ1) is 10.5. The SMILES string of the molecule is C/C(=N/NC(=O)c1cccc(Cl)c1)c1cccc([N+](=O)[O-])c1. The lowest BCUT2D eigenvalue weighted by Crippen LogP contribution is -2.19. The summed E-state index contributed by atoms with van der Waals surface area (Å²) in [6.45, 7) is 1.65. The van der Waals surface area contributed by atoms with Crippen LogP contribution < -0.4 is 5.43 Å². The van der Waals surface area contributed by atoms with E-state index in [9.17, 15) is 14.9 Å². The smallest absolute Gasteiger partial charge is 0.267 e. The quantitative estimate of drug-likeness (QED) is 0.533. The average Bonchev–Trinajstić information content (AvgIpc) is 2.52. The highest BCUT2D eigenvalue weighted by molar-refractivity contribution is 6.30. The number of non-ortho nitro benzene ring substituents is 1. The summed E-state index contributed by atoms with van der Waals surface area (Å²) in [5.41, 5.74) is 3.75. The maximum absolute atomic E-state index is 11.9.